The summed E-state index contributed by atoms with van der Waals surface area (Å²) in [5.74, 6) is 0.638. The highest BCUT2D eigenvalue weighted by molar-refractivity contribution is 5.67. The lowest BCUT2D eigenvalue weighted by atomic mass is 10.1. The van der Waals surface area contributed by atoms with Crippen molar-refractivity contribution in [3.63, 3.8) is 0 Å². The molecule has 0 saturated heterocycles. The second-order valence-electron chi connectivity index (χ2n) is 5.90. The van der Waals surface area contributed by atoms with Gasteiger partial charge < -0.3 is 14.7 Å². The van der Waals surface area contributed by atoms with Crippen LogP contribution in [0.5, 0.6) is 5.75 Å². The maximum absolute atomic E-state index is 11.1. The van der Waals surface area contributed by atoms with Crippen LogP contribution in [-0.2, 0) is 0 Å². The number of ether oxygens (including phenoxy) is 1. The Bertz CT molecular complexity index is 714. The fourth-order valence-corrected chi connectivity index (χ4v) is 2.55. The smallest absolute Gasteiger partial charge is 0.407 e. The molecule has 0 atom stereocenters. The minimum atomic E-state index is -0.927. The molecule has 0 bridgehead atoms. The molecule has 6 nitrogen and oxygen atoms in total. The predicted molar refractivity (Wildman–Crippen MR) is 85.5 cm³/mol. The first-order valence-corrected chi connectivity index (χ1v) is 7.48. The number of pyridine rings is 2. The Balaban J connectivity index is 1.76. The molecule has 1 N–H and O–H groups in total. The Labute approximate surface area is 134 Å². The number of nitrogens with zero attached hydrogens (tertiary/aromatic N) is 3. The van der Waals surface area contributed by atoms with E-state index in [4.69, 9.17) is 9.84 Å². The third-order valence-electron chi connectivity index (χ3n) is 4.37. The molecule has 2 heterocycles. The highest BCUT2D eigenvalue weighted by atomic mass is 16.5. The van der Waals surface area contributed by atoms with Gasteiger partial charge >= 0.3 is 6.09 Å². The van der Waals surface area contributed by atoms with Gasteiger partial charge in [-0.2, -0.15) is 0 Å². The van der Waals surface area contributed by atoms with Gasteiger partial charge in [0.05, 0.1) is 11.7 Å². The number of aromatic nitrogens is 2. The minimum absolute atomic E-state index is 0.340. The Morgan fingerprint density at radius 3 is 2.83 bits per heavy atom. The van der Waals surface area contributed by atoms with E-state index in [9.17, 15) is 4.79 Å². The molecule has 0 unspecified atom stereocenters. The average molecular weight is 313 g/mol. The number of carbonyl (C=O) groups is 1. The van der Waals surface area contributed by atoms with Crippen molar-refractivity contribution in [1.29, 1.82) is 0 Å². The molecule has 3 rings (SSSR count). The first-order chi connectivity index (χ1) is 11.0. The summed E-state index contributed by atoms with van der Waals surface area (Å²) < 4.78 is 5.83. The standard InChI is InChI=1S/C17H19N3O3/c1-12-15(13-4-3-7-18-9-13)8-14(10-19-12)23-11-17(5-6-17)20(2)16(21)22/h3-4,7-10H,5-6,11H2,1-2H3,(H,21,22). The molecule has 23 heavy (non-hydrogen) atoms. The first kappa shape index (κ1) is 15.3. The second kappa shape index (κ2) is 5.87. The molecule has 0 spiro atoms. The second-order valence-corrected chi connectivity index (χ2v) is 5.90. The molecule has 0 aromatic carbocycles. The van der Waals surface area contributed by atoms with Gasteiger partial charge in [0, 0.05) is 36.3 Å². The van der Waals surface area contributed by atoms with Crippen LogP contribution in [0, 0.1) is 6.92 Å². The van der Waals surface area contributed by atoms with Crippen molar-refractivity contribution >= 4 is 6.09 Å². The van der Waals surface area contributed by atoms with Gasteiger partial charge in [-0.3, -0.25) is 9.97 Å². The third kappa shape index (κ3) is 3.11. The number of likely N-dealkylation sites (N-methyl/N-ethyl adjacent to an activating group) is 1. The number of hydrogen-bond donors (Lipinski definition) is 1. The molecule has 2 aromatic rings. The van der Waals surface area contributed by atoms with E-state index in [0.29, 0.717) is 12.4 Å². The number of carboxylic acid groups (broad SMARTS) is 1. The lowest BCUT2D eigenvalue weighted by Crippen LogP contribution is -2.42. The van der Waals surface area contributed by atoms with E-state index in [2.05, 4.69) is 9.97 Å². The van der Waals surface area contributed by atoms with Crippen LogP contribution in [0.1, 0.15) is 18.5 Å². The predicted octanol–water partition coefficient (Wildman–Crippen LogP) is 2.97. The molecule has 2 aromatic heterocycles. The van der Waals surface area contributed by atoms with Gasteiger partial charge in [0.1, 0.15) is 12.4 Å². The third-order valence-corrected chi connectivity index (χ3v) is 4.37. The number of amides is 1. The maximum atomic E-state index is 11.1. The minimum Gasteiger partial charge on any atom is -0.490 e. The summed E-state index contributed by atoms with van der Waals surface area (Å²) in [7, 11) is 1.59. The van der Waals surface area contributed by atoms with E-state index in [-0.39, 0.29) is 0 Å². The van der Waals surface area contributed by atoms with Crippen LogP contribution in [-0.4, -0.2) is 45.3 Å². The normalized spacial score (nSPS) is 15.0. The number of aryl methyl sites for hydroxylation is 1. The molecule has 1 fully saturated rings. The molecule has 0 radical (unpaired) electrons. The molecule has 1 aliphatic rings. The van der Waals surface area contributed by atoms with E-state index in [0.717, 1.165) is 29.7 Å². The Morgan fingerprint density at radius 2 is 2.22 bits per heavy atom. The van der Waals surface area contributed by atoms with Gasteiger partial charge in [0.25, 0.3) is 0 Å². The van der Waals surface area contributed by atoms with Crippen LogP contribution in [0.25, 0.3) is 11.1 Å². The van der Waals surface area contributed by atoms with Crippen LogP contribution >= 0.6 is 0 Å². The monoisotopic (exact) mass is 313 g/mol. The number of hydrogen-bond acceptors (Lipinski definition) is 4. The van der Waals surface area contributed by atoms with Crippen LogP contribution in [0.4, 0.5) is 4.79 Å². The van der Waals surface area contributed by atoms with E-state index in [1.807, 2.05) is 25.1 Å². The van der Waals surface area contributed by atoms with Gasteiger partial charge in [-0.25, -0.2) is 4.79 Å². The van der Waals surface area contributed by atoms with Crippen LogP contribution in [0.3, 0.4) is 0 Å². The molecule has 120 valence electrons. The maximum Gasteiger partial charge on any atom is 0.407 e. The molecule has 1 aliphatic carbocycles. The van der Waals surface area contributed by atoms with Crippen molar-refractivity contribution in [2.24, 2.45) is 0 Å². The van der Waals surface area contributed by atoms with Crippen LogP contribution < -0.4 is 4.74 Å². The van der Waals surface area contributed by atoms with Crippen molar-refractivity contribution in [2.75, 3.05) is 13.7 Å². The fraction of sp³-hybridized carbons (Fsp3) is 0.353. The van der Waals surface area contributed by atoms with Crippen molar-refractivity contribution in [3.8, 4) is 16.9 Å². The summed E-state index contributed by atoms with van der Waals surface area (Å²) in [6.07, 6.45) is 5.91. The van der Waals surface area contributed by atoms with Gasteiger partial charge in [0.2, 0.25) is 0 Å². The average Bonchev–Trinajstić information content (AvgIpc) is 3.35. The van der Waals surface area contributed by atoms with Gasteiger partial charge in [-0.1, -0.05) is 6.07 Å². The fourth-order valence-electron chi connectivity index (χ4n) is 2.55. The summed E-state index contributed by atoms with van der Waals surface area (Å²) in [6.45, 7) is 2.28. The van der Waals surface area contributed by atoms with E-state index in [1.54, 1.807) is 25.6 Å². The summed E-state index contributed by atoms with van der Waals surface area (Å²) in [5.41, 5.74) is 2.44. The zero-order chi connectivity index (χ0) is 16.4. The Kier molecular flexibility index (Phi) is 3.90. The molecule has 6 heteroatoms. The topological polar surface area (TPSA) is 75.5 Å². The Morgan fingerprint density at radius 1 is 1.43 bits per heavy atom. The Hall–Kier alpha value is -2.63. The van der Waals surface area contributed by atoms with Crippen molar-refractivity contribution in [1.82, 2.24) is 14.9 Å². The summed E-state index contributed by atoms with van der Waals surface area (Å²) in [6, 6.07) is 5.78. The largest absolute Gasteiger partial charge is 0.490 e. The van der Waals surface area contributed by atoms with Gasteiger partial charge in [-0.15, -0.1) is 0 Å². The van der Waals surface area contributed by atoms with E-state index < -0.39 is 11.6 Å². The van der Waals surface area contributed by atoms with Crippen molar-refractivity contribution in [2.45, 2.75) is 25.3 Å². The zero-order valence-corrected chi connectivity index (χ0v) is 13.2. The molecular weight excluding hydrogens is 294 g/mol. The summed E-state index contributed by atoms with van der Waals surface area (Å²) >= 11 is 0. The first-order valence-electron chi connectivity index (χ1n) is 7.48. The lowest BCUT2D eigenvalue weighted by Gasteiger charge is -2.25. The summed E-state index contributed by atoms with van der Waals surface area (Å²) in [5, 5.41) is 9.14. The number of rotatable bonds is 5. The summed E-state index contributed by atoms with van der Waals surface area (Å²) in [4.78, 5) is 21.0. The van der Waals surface area contributed by atoms with Gasteiger partial charge in [0.15, 0.2) is 0 Å². The van der Waals surface area contributed by atoms with E-state index >= 15 is 0 Å². The van der Waals surface area contributed by atoms with E-state index in [1.165, 1.54) is 4.90 Å². The highest BCUT2D eigenvalue weighted by Crippen LogP contribution is 2.41. The molecular formula is C17H19N3O3. The SMILES string of the molecule is Cc1ncc(OCC2(N(C)C(=O)O)CC2)cc1-c1cccnc1. The zero-order valence-electron chi connectivity index (χ0n) is 13.2. The quantitative estimate of drug-likeness (QED) is 0.918. The molecule has 0 aliphatic heterocycles. The van der Waals surface area contributed by atoms with Crippen molar-refractivity contribution in [3.05, 3.63) is 42.5 Å². The molecule has 1 saturated carbocycles. The molecule has 1 amide bonds. The van der Waals surface area contributed by atoms with Crippen LogP contribution in [0.15, 0.2) is 36.8 Å². The van der Waals surface area contributed by atoms with Crippen molar-refractivity contribution < 1.29 is 14.6 Å². The highest BCUT2D eigenvalue weighted by Gasteiger charge is 2.49. The lowest BCUT2D eigenvalue weighted by molar-refractivity contribution is 0.109. The van der Waals surface area contributed by atoms with Gasteiger partial charge in [-0.05, 0) is 31.9 Å². The van der Waals surface area contributed by atoms with Crippen LogP contribution in [0.2, 0.25) is 0 Å².